The normalized spacial score (nSPS) is 23.0. The maximum Gasteiger partial charge on any atom is 0.246 e. The largest absolute Gasteiger partial charge is 0.342 e. The van der Waals surface area contributed by atoms with E-state index >= 15 is 0 Å². The molecule has 2 aliphatic heterocycles. The van der Waals surface area contributed by atoms with E-state index in [2.05, 4.69) is 17.1 Å². The van der Waals surface area contributed by atoms with Gasteiger partial charge in [-0.15, -0.1) is 0 Å². The third-order valence-corrected chi connectivity index (χ3v) is 11.3. The lowest BCUT2D eigenvalue weighted by atomic mass is 9.79. The van der Waals surface area contributed by atoms with Gasteiger partial charge in [0.05, 0.1) is 4.90 Å². The molecule has 0 aromatic heterocycles. The quantitative estimate of drug-likeness (QED) is 0.439. The number of hydrogen-bond acceptors (Lipinski definition) is 5. The van der Waals surface area contributed by atoms with Crippen LogP contribution in [0.5, 0.6) is 0 Å². The van der Waals surface area contributed by atoms with Crippen molar-refractivity contribution >= 4 is 21.8 Å². The molecule has 1 aliphatic carbocycles. The molecule has 3 aliphatic rings. The third kappa shape index (κ3) is 6.51. The summed E-state index contributed by atoms with van der Waals surface area (Å²) in [6.07, 6.45) is 9.98. The van der Waals surface area contributed by atoms with Gasteiger partial charge in [-0.3, -0.25) is 14.5 Å². The summed E-state index contributed by atoms with van der Waals surface area (Å²) in [5.41, 5.74) is 0.289. The number of unbranched alkanes of at least 4 members (excludes halogenated alkanes) is 1. The molecule has 2 saturated heterocycles. The van der Waals surface area contributed by atoms with Gasteiger partial charge in [-0.05, 0) is 49.3 Å². The number of likely N-dealkylation sites (tertiary alicyclic amines) is 1. The van der Waals surface area contributed by atoms with Gasteiger partial charge < -0.3 is 10.2 Å². The first-order chi connectivity index (χ1) is 18.7. The second kappa shape index (κ2) is 13.1. The monoisotopic (exact) mass is 560 g/mol. The highest BCUT2D eigenvalue weighted by Gasteiger charge is 2.53. The molecule has 1 atom stereocenters. The number of piperidine rings is 1. The molecule has 9 heteroatoms. The smallest absolute Gasteiger partial charge is 0.246 e. The molecule has 1 saturated carbocycles. The summed E-state index contributed by atoms with van der Waals surface area (Å²) in [6, 6.07) is 6.79. The highest BCUT2D eigenvalue weighted by atomic mass is 32.2. The molecule has 8 nitrogen and oxygen atoms in total. The fourth-order valence-corrected chi connectivity index (χ4v) is 8.21. The second-order valence-corrected chi connectivity index (χ2v) is 13.6. The van der Waals surface area contributed by atoms with Gasteiger partial charge >= 0.3 is 0 Å². The van der Waals surface area contributed by atoms with Crippen LogP contribution < -0.4 is 5.32 Å². The van der Waals surface area contributed by atoms with Gasteiger partial charge in [0.1, 0.15) is 11.6 Å². The maximum atomic E-state index is 13.7. The first-order valence-corrected chi connectivity index (χ1v) is 16.6. The average molecular weight is 561 g/mol. The van der Waals surface area contributed by atoms with Crippen molar-refractivity contribution < 1.29 is 18.0 Å². The number of carbonyl (C=O) groups is 2. The van der Waals surface area contributed by atoms with Crippen molar-refractivity contribution in [2.24, 2.45) is 5.92 Å². The first-order valence-electron chi connectivity index (χ1n) is 15.2. The highest BCUT2D eigenvalue weighted by Crippen LogP contribution is 2.36. The van der Waals surface area contributed by atoms with Crippen molar-refractivity contribution in [3.8, 4) is 0 Å². The zero-order valence-electron chi connectivity index (χ0n) is 24.2. The molecule has 2 amide bonds. The van der Waals surface area contributed by atoms with E-state index in [4.69, 9.17) is 0 Å². The molecule has 39 heavy (non-hydrogen) atoms. The molecule has 1 aromatic rings. The van der Waals surface area contributed by atoms with Crippen LogP contribution in [0.25, 0.3) is 0 Å². The van der Waals surface area contributed by atoms with E-state index in [1.165, 1.54) is 23.6 Å². The van der Waals surface area contributed by atoms with Crippen molar-refractivity contribution in [3.63, 3.8) is 0 Å². The van der Waals surface area contributed by atoms with Crippen LogP contribution in [0.4, 0.5) is 0 Å². The minimum Gasteiger partial charge on any atom is -0.342 e. The Hall–Kier alpha value is -1.97. The highest BCUT2D eigenvalue weighted by molar-refractivity contribution is 7.89. The lowest BCUT2D eigenvalue weighted by Crippen LogP contribution is -2.73. The van der Waals surface area contributed by atoms with E-state index < -0.39 is 15.6 Å². The van der Waals surface area contributed by atoms with Gasteiger partial charge in [-0.2, -0.15) is 4.31 Å². The van der Waals surface area contributed by atoms with Crippen molar-refractivity contribution in [3.05, 3.63) is 29.8 Å². The zero-order chi connectivity index (χ0) is 28.0. The third-order valence-electron chi connectivity index (χ3n) is 9.19. The number of nitrogens with zero attached hydrogens (tertiary/aromatic N) is 3. The van der Waals surface area contributed by atoms with E-state index in [-0.39, 0.29) is 17.9 Å². The van der Waals surface area contributed by atoms with Gasteiger partial charge in [0.2, 0.25) is 21.8 Å². The van der Waals surface area contributed by atoms with Crippen LogP contribution in [-0.4, -0.2) is 78.6 Å². The Balaban J connectivity index is 1.41. The molecule has 0 unspecified atom stereocenters. The Morgan fingerprint density at radius 2 is 1.62 bits per heavy atom. The van der Waals surface area contributed by atoms with E-state index in [0.29, 0.717) is 49.8 Å². The van der Waals surface area contributed by atoms with Crippen LogP contribution in [-0.2, 0) is 26.2 Å². The molecule has 0 radical (unpaired) electrons. The fourth-order valence-electron chi connectivity index (χ4n) is 6.75. The number of piperazine rings is 1. The number of hydrogen-bond donors (Lipinski definition) is 1. The molecule has 4 rings (SSSR count). The minimum atomic E-state index is -3.47. The molecule has 1 spiro atoms. The minimum absolute atomic E-state index is 0.0321. The second-order valence-electron chi connectivity index (χ2n) is 11.7. The molecule has 2 heterocycles. The summed E-state index contributed by atoms with van der Waals surface area (Å²) < 4.78 is 27.1. The summed E-state index contributed by atoms with van der Waals surface area (Å²) in [5, 5.41) is 3.17. The van der Waals surface area contributed by atoms with Gasteiger partial charge in [0.15, 0.2) is 0 Å². The average Bonchev–Trinajstić information content (AvgIpc) is 2.94. The number of benzene rings is 1. The van der Waals surface area contributed by atoms with E-state index in [9.17, 15) is 18.0 Å². The van der Waals surface area contributed by atoms with Gasteiger partial charge in [-0.25, -0.2) is 8.42 Å². The van der Waals surface area contributed by atoms with Crippen molar-refractivity contribution in [2.45, 2.75) is 108 Å². The summed E-state index contributed by atoms with van der Waals surface area (Å²) in [6.45, 7) is 9.49. The van der Waals surface area contributed by atoms with Gasteiger partial charge in [0, 0.05) is 39.3 Å². The Bertz CT molecular complexity index is 1070. The molecular weight excluding hydrogens is 512 g/mol. The molecule has 1 aromatic carbocycles. The van der Waals surface area contributed by atoms with E-state index in [1.807, 2.05) is 30.9 Å². The van der Waals surface area contributed by atoms with Gasteiger partial charge in [-0.1, -0.05) is 71.4 Å². The van der Waals surface area contributed by atoms with Crippen molar-refractivity contribution in [2.75, 3.05) is 32.7 Å². The van der Waals surface area contributed by atoms with Gasteiger partial charge in [0.25, 0.3) is 0 Å². The number of carbonyl (C=O) groups excluding carboxylic acids is 2. The summed E-state index contributed by atoms with van der Waals surface area (Å²) >= 11 is 0. The van der Waals surface area contributed by atoms with Crippen LogP contribution in [0.15, 0.2) is 29.2 Å². The Labute approximate surface area is 235 Å². The first kappa shape index (κ1) is 30.0. The number of rotatable bonds is 11. The lowest BCUT2D eigenvalue weighted by molar-refractivity contribution is -0.162. The summed E-state index contributed by atoms with van der Waals surface area (Å²) in [4.78, 5) is 32.0. The molecule has 0 bridgehead atoms. The standard InChI is InChI=1S/C30H48N4O4S/c1-4-7-19-34-28(35)27(22-24-11-9-8-10-12-24)31-29(36)30(34)17-20-32(21-18-30)23-25-13-15-26(16-14-25)39(37,38)33(5-2)6-3/h13-16,24,27H,4-12,17-23H2,1-3H3,(H,31,36)/t27-/m0/s1. The van der Waals surface area contributed by atoms with Crippen molar-refractivity contribution in [1.82, 2.24) is 19.4 Å². The fraction of sp³-hybridized carbons (Fsp3) is 0.733. The number of nitrogens with one attached hydrogen (secondary N) is 1. The summed E-state index contributed by atoms with van der Waals surface area (Å²) in [7, 11) is -3.47. The Kier molecular flexibility index (Phi) is 10.1. The topological polar surface area (TPSA) is 90.0 Å². The number of amides is 2. The molecule has 218 valence electrons. The Morgan fingerprint density at radius 1 is 0.974 bits per heavy atom. The van der Waals surface area contributed by atoms with Crippen LogP contribution in [0.2, 0.25) is 0 Å². The number of sulfonamides is 1. The van der Waals surface area contributed by atoms with Crippen molar-refractivity contribution in [1.29, 1.82) is 0 Å². The van der Waals surface area contributed by atoms with E-state index in [1.54, 1.807) is 12.1 Å². The van der Waals surface area contributed by atoms with Crippen LogP contribution in [0.3, 0.4) is 0 Å². The summed E-state index contributed by atoms with van der Waals surface area (Å²) in [5.74, 6) is 0.682. The SMILES string of the molecule is CCCCN1C(=O)[C@H](CC2CCCCC2)NC(=O)C12CCN(Cc1ccc(S(=O)(=O)N(CC)CC)cc1)CC2. The molecule has 3 fully saturated rings. The Morgan fingerprint density at radius 3 is 2.21 bits per heavy atom. The van der Waals surface area contributed by atoms with Crippen LogP contribution in [0.1, 0.15) is 90.5 Å². The predicted molar refractivity (Wildman–Crippen MR) is 154 cm³/mol. The van der Waals surface area contributed by atoms with Crippen LogP contribution >= 0.6 is 0 Å². The van der Waals surface area contributed by atoms with Crippen LogP contribution in [0, 0.1) is 5.92 Å². The maximum absolute atomic E-state index is 13.7. The van der Waals surface area contributed by atoms with E-state index in [0.717, 1.165) is 50.8 Å². The molecular formula is C30H48N4O4S. The lowest BCUT2D eigenvalue weighted by Gasteiger charge is -2.52. The zero-order valence-corrected chi connectivity index (χ0v) is 25.0. The predicted octanol–water partition coefficient (Wildman–Crippen LogP) is 4.15. The molecule has 1 N–H and O–H groups in total.